The van der Waals surface area contributed by atoms with E-state index < -0.39 is 18.0 Å². The molecule has 0 aliphatic carbocycles. The van der Waals surface area contributed by atoms with Gasteiger partial charge in [-0.3, -0.25) is 14.6 Å². The maximum atomic E-state index is 15.2. The summed E-state index contributed by atoms with van der Waals surface area (Å²) in [5.74, 6) is 2.87. The second kappa shape index (κ2) is 19.5. The van der Waals surface area contributed by atoms with Crippen LogP contribution in [0.1, 0.15) is 49.8 Å². The number of alkyl halides is 3. The minimum atomic E-state index is -5.08. The summed E-state index contributed by atoms with van der Waals surface area (Å²) >= 11 is 6.42. The molecule has 0 unspecified atom stereocenters. The Hall–Kier alpha value is -6.97. The summed E-state index contributed by atoms with van der Waals surface area (Å²) in [5, 5.41) is 16.4. The van der Waals surface area contributed by atoms with Gasteiger partial charge in [0.15, 0.2) is 11.5 Å². The predicted octanol–water partition coefficient (Wildman–Crippen LogP) is 6.13. The Morgan fingerprint density at radius 3 is 2.39 bits per heavy atom. The average Bonchev–Trinajstić information content (AvgIpc) is 3.64. The molecule has 1 aliphatic rings. The topological polar surface area (TPSA) is 203 Å². The smallest absolute Gasteiger partial charge is 0.490 e. The van der Waals surface area contributed by atoms with Crippen LogP contribution in [0.3, 0.4) is 0 Å². The van der Waals surface area contributed by atoms with Crippen molar-refractivity contribution in [1.82, 2.24) is 20.6 Å². The quantitative estimate of drug-likeness (QED) is 0.0582. The Kier molecular flexibility index (Phi) is 14.2. The Morgan fingerprint density at radius 1 is 0.966 bits per heavy atom. The van der Waals surface area contributed by atoms with Crippen LogP contribution in [0.2, 0.25) is 5.02 Å². The molecule has 0 saturated carbocycles. The molecule has 3 heterocycles. The summed E-state index contributed by atoms with van der Waals surface area (Å²) in [6, 6.07) is 18.0. The minimum Gasteiger partial charge on any atom is -0.496 e. The van der Waals surface area contributed by atoms with Crippen LogP contribution in [0, 0.1) is 17.7 Å². The van der Waals surface area contributed by atoms with E-state index in [1.54, 1.807) is 54.7 Å². The molecule has 0 saturated heterocycles. The standard InChI is InChI=1S/C38H33ClFN7O5.C2HF3O2/c1-50-30-8-3-7-29(40)33(30)35-28-18-23(39)9-12-26(28)34-22(20-44-35)21-45-38(47-34)46-24-10-13-27(32(19-24)51-2)36(48)42-16-5-17-43-37(49)31-14-11-25(52-31)6-4-15-41;3-2(4,5)1(6)7/h3,7-14,18-19,21H,5,15-17,20,41H2,1-2H3,(H,42,48)(H,43,49)(H,45,46,47);(H,6,7). The number of aromatic nitrogens is 2. The van der Waals surface area contributed by atoms with Crippen LogP contribution in [0.15, 0.2) is 82.3 Å². The number of nitrogens with one attached hydrogen (secondary N) is 3. The van der Waals surface area contributed by atoms with Crippen molar-refractivity contribution < 1.29 is 50.9 Å². The molecule has 6 rings (SSSR count). The lowest BCUT2D eigenvalue weighted by Crippen LogP contribution is -2.30. The van der Waals surface area contributed by atoms with E-state index in [1.165, 1.54) is 26.4 Å². The number of nitrogens with two attached hydrogens (primary N) is 1. The predicted molar refractivity (Wildman–Crippen MR) is 209 cm³/mol. The van der Waals surface area contributed by atoms with Gasteiger partial charge in [-0.15, -0.1) is 0 Å². The molecule has 0 spiro atoms. The second-order valence-corrected chi connectivity index (χ2v) is 12.6. The van der Waals surface area contributed by atoms with Gasteiger partial charge in [0.1, 0.15) is 17.3 Å². The zero-order valence-electron chi connectivity index (χ0n) is 31.2. The minimum absolute atomic E-state index is 0.138. The molecule has 2 amide bonds. The van der Waals surface area contributed by atoms with E-state index >= 15 is 4.39 Å². The van der Waals surface area contributed by atoms with Crippen molar-refractivity contribution in [3.8, 4) is 34.6 Å². The van der Waals surface area contributed by atoms with Gasteiger partial charge in [-0.1, -0.05) is 29.7 Å². The van der Waals surface area contributed by atoms with Gasteiger partial charge >= 0.3 is 12.1 Å². The monoisotopic (exact) mass is 835 g/mol. The van der Waals surface area contributed by atoms with E-state index in [-0.39, 0.29) is 42.2 Å². The number of furan rings is 1. The normalized spacial score (nSPS) is 11.5. The van der Waals surface area contributed by atoms with Gasteiger partial charge in [-0.25, -0.2) is 19.2 Å². The maximum absolute atomic E-state index is 15.2. The molecule has 19 heteroatoms. The molecule has 14 nitrogen and oxygen atoms in total. The molecular formula is C40H34ClF4N7O7. The van der Waals surface area contributed by atoms with Crippen molar-refractivity contribution in [3.05, 3.63) is 118 Å². The summed E-state index contributed by atoms with van der Waals surface area (Å²) in [4.78, 5) is 48.3. The van der Waals surface area contributed by atoms with Crippen molar-refractivity contribution in [1.29, 1.82) is 0 Å². The molecule has 6 N–H and O–H groups in total. The summed E-state index contributed by atoms with van der Waals surface area (Å²) in [6.07, 6.45) is -2.94. The zero-order valence-corrected chi connectivity index (χ0v) is 31.9. The van der Waals surface area contributed by atoms with Crippen molar-refractivity contribution in [2.24, 2.45) is 10.7 Å². The largest absolute Gasteiger partial charge is 0.496 e. The van der Waals surface area contributed by atoms with Crippen LogP contribution < -0.4 is 31.2 Å². The number of nitrogens with zero attached hydrogens (tertiary/aromatic N) is 3. The highest BCUT2D eigenvalue weighted by atomic mass is 35.5. The fourth-order valence-electron chi connectivity index (χ4n) is 5.53. The zero-order chi connectivity index (χ0) is 42.7. The van der Waals surface area contributed by atoms with Gasteiger partial charge in [-0.2, -0.15) is 13.2 Å². The number of hydrogen-bond donors (Lipinski definition) is 5. The van der Waals surface area contributed by atoms with Gasteiger partial charge in [0, 0.05) is 52.8 Å². The van der Waals surface area contributed by atoms with Crippen LogP contribution in [-0.2, 0) is 11.3 Å². The maximum Gasteiger partial charge on any atom is 0.490 e. The first kappa shape index (κ1) is 43.2. The summed E-state index contributed by atoms with van der Waals surface area (Å²) in [7, 11) is 2.95. The van der Waals surface area contributed by atoms with Crippen molar-refractivity contribution >= 4 is 46.7 Å². The van der Waals surface area contributed by atoms with Gasteiger partial charge < -0.3 is 40.7 Å². The van der Waals surface area contributed by atoms with Crippen LogP contribution in [0.5, 0.6) is 11.5 Å². The molecule has 306 valence electrons. The van der Waals surface area contributed by atoms with Crippen molar-refractivity contribution in [2.75, 3.05) is 39.2 Å². The highest BCUT2D eigenvalue weighted by molar-refractivity contribution is 6.31. The number of halogens is 5. The first-order chi connectivity index (χ1) is 28.2. The first-order valence-corrected chi connectivity index (χ1v) is 17.8. The van der Waals surface area contributed by atoms with E-state index in [1.807, 2.05) is 6.07 Å². The third-order valence-corrected chi connectivity index (χ3v) is 8.44. The Balaban J connectivity index is 0.000000867. The van der Waals surface area contributed by atoms with Crippen molar-refractivity contribution in [2.45, 2.75) is 19.1 Å². The summed E-state index contributed by atoms with van der Waals surface area (Å²) < 4.78 is 63.4. The lowest BCUT2D eigenvalue weighted by molar-refractivity contribution is -0.192. The lowest BCUT2D eigenvalue weighted by atomic mass is 9.94. The number of aliphatic imine (C=N–C) groups is 1. The molecule has 0 radical (unpaired) electrons. The Bertz CT molecular complexity index is 2460. The molecule has 3 aromatic carbocycles. The third kappa shape index (κ3) is 10.9. The summed E-state index contributed by atoms with van der Waals surface area (Å²) in [6.45, 7) is 0.993. The van der Waals surface area contributed by atoms with Gasteiger partial charge in [0.05, 0.1) is 49.8 Å². The number of amides is 2. The average molecular weight is 836 g/mol. The van der Waals surface area contributed by atoms with E-state index in [0.717, 1.165) is 5.56 Å². The van der Waals surface area contributed by atoms with Crippen LogP contribution >= 0.6 is 11.6 Å². The number of carboxylic acid groups (broad SMARTS) is 1. The van der Waals surface area contributed by atoms with Gasteiger partial charge in [0.2, 0.25) is 5.95 Å². The van der Waals surface area contributed by atoms with Crippen molar-refractivity contribution in [3.63, 3.8) is 0 Å². The third-order valence-electron chi connectivity index (χ3n) is 8.21. The highest BCUT2D eigenvalue weighted by Crippen LogP contribution is 2.36. The van der Waals surface area contributed by atoms with Gasteiger partial charge in [-0.05, 0) is 60.9 Å². The fourth-order valence-corrected chi connectivity index (χ4v) is 5.70. The molecule has 0 fully saturated rings. The number of carbonyl (C=O) groups is 3. The highest BCUT2D eigenvalue weighted by Gasteiger charge is 2.38. The number of carbonyl (C=O) groups excluding carboxylic acids is 2. The second-order valence-electron chi connectivity index (χ2n) is 12.1. The summed E-state index contributed by atoms with van der Waals surface area (Å²) in [5.41, 5.74) is 9.48. The molecular weight excluding hydrogens is 802 g/mol. The molecule has 1 aliphatic heterocycles. The number of anilines is 2. The number of fused-ring (bicyclic) bond motifs is 3. The number of benzene rings is 3. The Morgan fingerprint density at radius 2 is 1.69 bits per heavy atom. The molecule has 2 aromatic heterocycles. The van der Waals surface area contributed by atoms with Gasteiger partial charge in [0.25, 0.3) is 11.8 Å². The first-order valence-electron chi connectivity index (χ1n) is 17.4. The Labute approximate surface area is 338 Å². The fraction of sp³-hybridized carbons (Fsp3) is 0.200. The molecule has 5 aromatic rings. The number of ether oxygens (including phenoxy) is 2. The SMILES string of the molecule is COc1cc(Nc2ncc3c(n2)-c2ccc(Cl)cc2C(c2c(F)cccc2OC)=NC3)ccc1C(=O)NCCCNC(=O)c1ccc(C#CCN)o1.O=C(O)C(F)(F)F. The van der Waals surface area contributed by atoms with Crippen LogP contribution in [0.25, 0.3) is 11.3 Å². The number of methoxy groups -OCH3 is 2. The number of carboxylic acids is 1. The lowest BCUT2D eigenvalue weighted by Gasteiger charge is -2.15. The van der Waals surface area contributed by atoms with E-state index in [9.17, 15) is 22.8 Å². The number of aliphatic carboxylic acids is 1. The molecule has 59 heavy (non-hydrogen) atoms. The van der Waals surface area contributed by atoms with Crippen LogP contribution in [0.4, 0.5) is 29.2 Å². The van der Waals surface area contributed by atoms with E-state index in [4.69, 9.17) is 51.1 Å². The number of hydrogen-bond acceptors (Lipinski definition) is 11. The number of rotatable bonds is 11. The van der Waals surface area contributed by atoms with Crippen LogP contribution in [-0.4, -0.2) is 78.6 Å². The van der Waals surface area contributed by atoms with E-state index in [2.05, 4.69) is 32.8 Å². The molecule has 0 atom stereocenters. The molecule has 0 bridgehead atoms. The van der Waals surface area contributed by atoms with E-state index in [0.29, 0.717) is 75.6 Å².